The van der Waals surface area contributed by atoms with Gasteiger partial charge in [-0.05, 0) is 63.2 Å². The Labute approximate surface area is 152 Å². The number of aryl methyl sites for hydroxylation is 1. The standard InChI is InChI=1S/C21H19ClN2O/c1-14-11-18(13-23-20-6-4-5-17(12-20)16(3)25)15(2)24(14)21-9-7-19(22)8-10-21/h4-13H,1-3H3. The van der Waals surface area contributed by atoms with Crippen molar-refractivity contribution in [3.63, 3.8) is 0 Å². The third kappa shape index (κ3) is 3.72. The van der Waals surface area contributed by atoms with Crippen molar-refractivity contribution in [3.05, 3.63) is 82.1 Å². The molecule has 3 aromatic rings. The highest BCUT2D eigenvalue weighted by Crippen LogP contribution is 2.22. The summed E-state index contributed by atoms with van der Waals surface area (Å²) in [5, 5.41) is 0.721. The molecule has 1 heterocycles. The summed E-state index contributed by atoms with van der Waals surface area (Å²) in [4.78, 5) is 16.0. The first-order valence-electron chi connectivity index (χ1n) is 8.05. The number of hydrogen-bond acceptors (Lipinski definition) is 2. The van der Waals surface area contributed by atoms with Crippen molar-refractivity contribution in [1.82, 2.24) is 4.57 Å². The van der Waals surface area contributed by atoms with Gasteiger partial charge in [-0.15, -0.1) is 0 Å². The minimum Gasteiger partial charge on any atom is -0.318 e. The molecule has 0 N–H and O–H groups in total. The fourth-order valence-electron chi connectivity index (χ4n) is 2.86. The molecule has 0 aliphatic heterocycles. The molecule has 0 aliphatic carbocycles. The van der Waals surface area contributed by atoms with E-state index in [1.807, 2.05) is 42.6 Å². The van der Waals surface area contributed by atoms with Gasteiger partial charge in [-0.25, -0.2) is 0 Å². The lowest BCUT2D eigenvalue weighted by molar-refractivity contribution is 0.101. The summed E-state index contributed by atoms with van der Waals surface area (Å²) >= 11 is 5.98. The third-order valence-corrected chi connectivity index (χ3v) is 4.41. The molecule has 0 fully saturated rings. The van der Waals surface area contributed by atoms with Crippen LogP contribution in [0.4, 0.5) is 5.69 Å². The molecule has 0 saturated carbocycles. The van der Waals surface area contributed by atoms with E-state index >= 15 is 0 Å². The summed E-state index contributed by atoms with van der Waals surface area (Å²) in [5.74, 6) is 0.0398. The van der Waals surface area contributed by atoms with Crippen LogP contribution >= 0.6 is 11.6 Å². The highest BCUT2D eigenvalue weighted by molar-refractivity contribution is 6.30. The summed E-state index contributed by atoms with van der Waals surface area (Å²) in [6, 6.07) is 17.2. The van der Waals surface area contributed by atoms with Crippen LogP contribution < -0.4 is 0 Å². The number of Topliss-reactive ketones (excluding diaryl/α,β-unsaturated/α-hetero) is 1. The number of nitrogens with zero attached hydrogens (tertiary/aromatic N) is 2. The Morgan fingerprint density at radius 1 is 1.08 bits per heavy atom. The van der Waals surface area contributed by atoms with Crippen LogP contribution in [0.25, 0.3) is 5.69 Å². The smallest absolute Gasteiger partial charge is 0.159 e. The maximum Gasteiger partial charge on any atom is 0.159 e. The first-order chi connectivity index (χ1) is 12.0. The molecule has 2 aromatic carbocycles. The van der Waals surface area contributed by atoms with Gasteiger partial charge in [0, 0.05) is 39.4 Å². The molecular formula is C21H19ClN2O. The zero-order valence-corrected chi connectivity index (χ0v) is 15.2. The maximum atomic E-state index is 11.5. The van der Waals surface area contributed by atoms with E-state index < -0.39 is 0 Å². The van der Waals surface area contributed by atoms with Gasteiger partial charge in [-0.2, -0.15) is 0 Å². The fourth-order valence-corrected chi connectivity index (χ4v) is 2.98. The molecule has 126 valence electrons. The normalized spacial score (nSPS) is 11.2. The van der Waals surface area contributed by atoms with E-state index in [1.54, 1.807) is 19.1 Å². The van der Waals surface area contributed by atoms with E-state index in [9.17, 15) is 4.79 Å². The van der Waals surface area contributed by atoms with Crippen molar-refractivity contribution in [2.75, 3.05) is 0 Å². The molecule has 25 heavy (non-hydrogen) atoms. The summed E-state index contributed by atoms with van der Waals surface area (Å²) in [6.45, 7) is 5.69. The molecule has 1 aromatic heterocycles. The zero-order valence-electron chi connectivity index (χ0n) is 14.5. The Morgan fingerprint density at radius 2 is 1.80 bits per heavy atom. The SMILES string of the molecule is CC(=O)c1cccc(N=Cc2cc(C)n(-c3ccc(Cl)cc3)c2C)c1. The second-order valence-electron chi connectivity index (χ2n) is 6.00. The van der Waals surface area contributed by atoms with Crippen LogP contribution in [0.1, 0.15) is 34.2 Å². The minimum atomic E-state index is 0.0398. The van der Waals surface area contributed by atoms with Gasteiger partial charge in [0.2, 0.25) is 0 Å². The summed E-state index contributed by atoms with van der Waals surface area (Å²) < 4.78 is 2.17. The van der Waals surface area contributed by atoms with E-state index in [0.29, 0.717) is 5.56 Å². The Bertz CT molecular complexity index is 953. The number of carbonyl (C=O) groups is 1. The monoisotopic (exact) mass is 350 g/mol. The van der Waals surface area contributed by atoms with Gasteiger partial charge in [0.15, 0.2) is 5.78 Å². The van der Waals surface area contributed by atoms with E-state index in [-0.39, 0.29) is 5.78 Å². The summed E-state index contributed by atoms with van der Waals surface area (Å²) in [5.41, 5.74) is 5.77. The van der Waals surface area contributed by atoms with E-state index in [2.05, 4.69) is 29.5 Å². The number of aliphatic imine (C=N–C) groups is 1. The molecule has 0 unspecified atom stereocenters. The molecule has 0 spiro atoms. The lowest BCUT2D eigenvalue weighted by Gasteiger charge is -2.09. The predicted molar refractivity (Wildman–Crippen MR) is 104 cm³/mol. The minimum absolute atomic E-state index is 0.0398. The van der Waals surface area contributed by atoms with E-state index in [4.69, 9.17) is 11.6 Å². The van der Waals surface area contributed by atoms with Gasteiger partial charge in [0.1, 0.15) is 0 Å². The largest absolute Gasteiger partial charge is 0.318 e. The van der Waals surface area contributed by atoms with E-state index in [0.717, 1.165) is 33.3 Å². The summed E-state index contributed by atoms with van der Waals surface area (Å²) in [7, 11) is 0. The third-order valence-electron chi connectivity index (χ3n) is 4.16. The second-order valence-corrected chi connectivity index (χ2v) is 6.44. The Kier molecular flexibility index (Phi) is 4.86. The molecule has 0 bridgehead atoms. The Morgan fingerprint density at radius 3 is 2.48 bits per heavy atom. The molecule has 0 radical (unpaired) electrons. The van der Waals surface area contributed by atoms with Gasteiger partial charge in [-0.3, -0.25) is 9.79 Å². The van der Waals surface area contributed by atoms with Crippen molar-refractivity contribution in [1.29, 1.82) is 0 Å². The summed E-state index contributed by atoms with van der Waals surface area (Å²) in [6.07, 6.45) is 1.84. The first kappa shape index (κ1) is 17.2. The quantitative estimate of drug-likeness (QED) is 0.439. The van der Waals surface area contributed by atoms with Crippen molar-refractivity contribution in [2.24, 2.45) is 4.99 Å². The van der Waals surface area contributed by atoms with Crippen molar-refractivity contribution < 1.29 is 4.79 Å². The van der Waals surface area contributed by atoms with Crippen LogP contribution in [-0.2, 0) is 0 Å². The maximum absolute atomic E-state index is 11.5. The molecule has 0 amide bonds. The average molecular weight is 351 g/mol. The lowest BCUT2D eigenvalue weighted by Crippen LogP contribution is -1.99. The fraction of sp³-hybridized carbons (Fsp3) is 0.143. The lowest BCUT2D eigenvalue weighted by atomic mass is 10.1. The number of halogens is 1. The van der Waals surface area contributed by atoms with E-state index in [1.165, 1.54) is 0 Å². The molecular weight excluding hydrogens is 332 g/mol. The average Bonchev–Trinajstić information content (AvgIpc) is 2.88. The second kappa shape index (κ2) is 7.08. The van der Waals surface area contributed by atoms with Gasteiger partial charge >= 0.3 is 0 Å². The number of rotatable bonds is 4. The number of benzene rings is 2. The van der Waals surface area contributed by atoms with Crippen LogP contribution in [0.3, 0.4) is 0 Å². The Balaban J connectivity index is 1.94. The van der Waals surface area contributed by atoms with Crippen LogP contribution in [0, 0.1) is 13.8 Å². The number of ketones is 1. The predicted octanol–water partition coefficient (Wildman–Crippen LogP) is 5.70. The highest BCUT2D eigenvalue weighted by Gasteiger charge is 2.09. The molecule has 0 aliphatic rings. The van der Waals surface area contributed by atoms with Crippen LogP contribution in [-0.4, -0.2) is 16.6 Å². The van der Waals surface area contributed by atoms with Gasteiger partial charge in [-0.1, -0.05) is 23.7 Å². The highest BCUT2D eigenvalue weighted by atomic mass is 35.5. The Hall–Kier alpha value is -2.65. The molecule has 0 saturated heterocycles. The van der Waals surface area contributed by atoms with Gasteiger partial charge in [0.05, 0.1) is 5.69 Å². The first-order valence-corrected chi connectivity index (χ1v) is 8.43. The van der Waals surface area contributed by atoms with Crippen molar-refractivity contribution >= 4 is 29.3 Å². The molecule has 3 rings (SSSR count). The van der Waals surface area contributed by atoms with Crippen LogP contribution in [0.15, 0.2) is 59.6 Å². The molecule has 4 heteroatoms. The van der Waals surface area contributed by atoms with Gasteiger partial charge in [0.25, 0.3) is 0 Å². The molecule has 0 atom stereocenters. The van der Waals surface area contributed by atoms with Crippen molar-refractivity contribution in [2.45, 2.75) is 20.8 Å². The van der Waals surface area contributed by atoms with Gasteiger partial charge < -0.3 is 4.57 Å². The van der Waals surface area contributed by atoms with Crippen LogP contribution in [0.2, 0.25) is 5.02 Å². The topological polar surface area (TPSA) is 34.4 Å². The number of aromatic nitrogens is 1. The zero-order chi connectivity index (χ0) is 18.0. The number of hydrogen-bond donors (Lipinski definition) is 0. The number of carbonyl (C=O) groups excluding carboxylic acids is 1. The van der Waals surface area contributed by atoms with Crippen LogP contribution in [0.5, 0.6) is 0 Å². The molecule has 3 nitrogen and oxygen atoms in total. The van der Waals surface area contributed by atoms with Crippen molar-refractivity contribution in [3.8, 4) is 5.69 Å².